The lowest BCUT2D eigenvalue weighted by molar-refractivity contribution is -0.128. The van der Waals surface area contributed by atoms with Crippen LogP contribution in [0.3, 0.4) is 0 Å². The molecule has 0 radical (unpaired) electrons. The molecule has 50 heavy (non-hydrogen) atoms. The van der Waals surface area contributed by atoms with E-state index in [1.165, 1.54) is 25.5 Å². The highest BCUT2D eigenvalue weighted by Crippen LogP contribution is 2.30. The minimum absolute atomic E-state index is 0.0435. The summed E-state index contributed by atoms with van der Waals surface area (Å²) >= 11 is 0. The highest BCUT2D eigenvalue weighted by atomic mass is 16.5. The lowest BCUT2D eigenvalue weighted by atomic mass is 9.92. The van der Waals surface area contributed by atoms with Crippen LogP contribution >= 0.6 is 0 Å². The van der Waals surface area contributed by atoms with Crippen LogP contribution in [0.15, 0.2) is 64.4 Å². The maximum atomic E-state index is 12.4. The first kappa shape index (κ1) is 34.9. The number of aliphatic imine (C=N–C) groups is 2. The van der Waals surface area contributed by atoms with Crippen LogP contribution in [-0.4, -0.2) is 95.7 Å². The number of allylic oxidation sites excluding steroid dienone is 1. The van der Waals surface area contributed by atoms with Crippen molar-refractivity contribution < 1.29 is 14.3 Å². The van der Waals surface area contributed by atoms with E-state index in [1.54, 1.807) is 19.2 Å². The van der Waals surface area contributed by atoms with E-state index in [1.807, 2.05) is 41.4 Å². The van der Waals surface area contributed by atoms with Gasteiger partial charge >= 0.3 is 0 Å². The molecule has 0 unspecified atom stereocenters. The summed E-state index contributed by atoms with van der Waals surface area (Å²) in [4.78, 5) is 41.7. The third kappa shape index (κ3) is 8.42. The predicted octanol–water partition coefficient (Wildman–Crippen LogP) is 4.59. The van der Waals surface area contributed by atoms with Crippen molar-refractivity contribution in [1.82, 2.24) is 20.1 Å². The van der Waals surface area contributed by atoms with Gasteiger partial charge in [-0.1, -0.05) is 37.5 Å². The molecule has 1 aromatic carbocycles. The van der Waals surface area contributed by atoms with Gasteiger partial charge in [-0.3, -0.25) is 24.6 Å². The second-order valence-corrected chi connectivity index (χ2v) is 13.2. The number of nitrogens with two attached hydrogens (primary N) is 2. The van der Waals surface area contributed by atoms with Crippen molar-refractivity contribution in [3.63, 3.8) is 0 Å². The number of carbonyl (C=O) groups is 2. The molecule has 12 heteroatoms. The van der Waals surface area contributed by atoms with Gasteiger partial charge in [-0.25, -0.2) is 0 Å². The molecule has 0 atom stereocenters. The van der Waals surface area contributed by atoms with Gasteiger partial charge in [-0.05, 0) is 49.3 Å². The van der Waals surface area contributed by atoms with E-state index in [9.17, 15) is 9.59 Å². The molecule has 4 heterocycles. The largest absolute Gasteiger partial charge is 0.404 e. The van der Waals surface area contributed by atoms with Gasteiger partial charge in [0.15, 0.2) is 12.1 Å². The number of amides is 1. The Kier molecular flexibility index (Phi) is 11.6. The first-order valence-electron chi connectivity index (χ1n) is 17.7. The van der Waals surface area contributed by atoms with Gasteiger partial charge in [0.05, 0.1) is 31.0 Å². The number of hydrogen-bond donors (Lipinski definition) is 2. The molecule has 0 spiro atoms. The topological polar surface area (TPSA) is 165 Å². The summed E-state index contributed by atoms with van der Waals surface area (Å²) in [5.41, 5.74) is 18.3. The molecule has 1 aliphatic carbocycles. The third-order valence-electron chi connectivity index (χ3n) is 9.89. The summed E-state index contributed by atoms with van der Waals surface area (Å²) in [6.45, 7) is 5.36. The second kappa shape index (κ2) is 16.6. The van der Waals surface area contributed by atoms with Crippen molar-refractivity contribution in [2.45, 2.75) is 70.4 Å². The first-order chi connectivity index (χ1) is 24.4. The maximum absolute atomic E-state index is 12.4. The van der Waals surface area contributed by atoms with Crippen LogP contribution in [0.4, 0.5) is 5.82 Å². The molecule has 6 rings (SSSR count). The summed E-state index contributed by atoms with van der Waals surface area (Å²) in [6, 6.07) is 11.9. The van der Waals surface area contributed by atoms with E-state index in [0.717, 1.165) is 72.2 Å². The molecule has 3 aliphatic rings. The number of likely N-dealkylation sites (tertiary alicyclic amines) is 1. The zero-order valence-electron chi connectivity index (χ0n) is 28.8. The number of hydrogen-bond acceptors (Lipinski definition) is 11. The summed E-state index contributed by atoms with van der Waals surface area (Å²) in [5, 5.41) is 9.99. The highest BCUT2D eigenvalue weighted by molar-refractivity contribution is 6.11. The summed E-state index contributed by atoms with van der Waals surface area (Å²) < 4.78 is 6.10. The van der Waals surface area contributed by atoms with Crippen molar-refractivity contribution in [2.24, 2.45) is 21.5 Å². The molecule has 262 valence electrons. The van der Waals surface area contributed by atoms with Gasteiger partial charge in [-0.15, -0.1) is 10.2 Å². The van der Waals surface area contributed by atoms with E-state index in [0.29, 0.717) is 67.6 Å². The summed E-state index contributed by atoms with van der Waals surface area (Å²) in [6.07, 6.45) is 14.3. The van der Waals surface area contributed by atoms with Crippen molar-refractivity contribution in [2.75, 3.05) is 44.2 Å². The molecular formula is C38H47N9O3. The molecule has 12 nitrogen and oxygen atoms in total. The van der Waals surface area contributed by atoms with Gasteiger partial charge < -0.3 is 26.0 Å². The van der Waals surface area contributed by atoms with Crippen LogP contribution < -0.4 is 16.4 Å². The molecular weight excluding hydrogens is 630 g/mol. The van der Waals surface area contributed by atoms with Crippen molar-refractivity contribution in [3.8, 4) is 0 Å². The number of carbonyl (C=O) groups excluding carboxylic acids is 2. The predicted molar refractivity (Wildman–Crippen MR) is 198 cm³/mol. The third-order valence-corrected chi connectivity index (χ3v) is 9.89. The van der Waals surface area contributed by atoms with Gasteiger partial charge in [-0.2, -0.15) is 0 Å². The van der Waals surface area contributed by atoms with Gasteiger partial charge in [0.2, 0.25) is 5.91 Å². The molecule has 0 bridgehead atoms. The van der Waals surface area contributed by atoms with E-state index in [-0.39, 0.29) is 12.0 Å². The number of rotatable bonds is 10. The Morgan fingerprint density at radius 3 is 2.60 bits per heavy atom. The number of piperidine rings is 2. The highest BCUT2D eigenvalue weighted by Gasteiger charge is 2.26. The van der Waals surface area contributed by atoms with Crippen LogP contribution in [0.1, 0.15) is 80.0 Å². The maximum Gasteiger partial charge on any atom is 0.219 e. The van der Waals surface area contributed by atoms with E-state index in [2.05, 4.69) is 20.1 Å². The van der Waals surface area contributed by atoms with Crippen LogP contribution in [0.5, 0.6) is 0 Å². The average Bonchev–Trinajstić information content (AvgIpc) is 3.16. The fraction of sp³-hybridized carbons (Fsp3) is 0.447. The number of pyridine rings is 1. The monoisotopic (exact) mass is 677 g/mol. The Balaban J connectivity index is 1.09. The van der Waals surface area contributed by atoms with Gasteiger partial charge in [0.1, 0.15) is 5.69 Å². The quantitative estimate of drug-likeness (QED) is 0.177. The second-order valence-electron chi connectivity index (χ2n) is 13.2. The molecule has 2 saturated heterocycles. The minimum atomic E-state index is 0.0435. The Bertz CT molecular complexity index is 1790. The van der Waals surface area contributed by atoms with Gasteiger partial charge in [0, 0.05) is 91.6 Å². The molecule has 4 N–H and O–H groups in total. The zero-order chi connectivity index (χ0) is 34.9. The van der Waals surface area contributed by atoms with Crippen LogP contribution in [0.2, 0.25) is 0 Å². The van der Waals surface area contributed by atoms with Gasteiger partial charge in [0.25, 0.3) is 0 Å². The number of ether oxygens (including phenoxy) is 1. The summed E-state index contributed by atoms with van der Waals surface area (Å²) in [5.74, 6) is 0.819. The Morgan fingerprint density at radius 1 is 1.06 bits per heavy atom. The lowest BCUT2D eigenvalue weighted by Crippen LogP contribution is -2.40. The normalized spacial score (nSPS) is 20.2. The Morgan fingerprint density at radius 2 is 1.88 bits per heavy atom. The van der Waals surface area contributed by atoms with Crippen LogP contribution in [0.25, 0.3) is 22.0 Å². The number of benzene rings is 1. The minimum Gasteiger partial charge on any atom is -0.404 e. The molecule has 2 aliphatic heterocycles. The molecule has 3 fully saturated rings. The summed E-state index contributed by atoms with van der Waals surface area (Å²) in [7, 11) is 0. The van der Waals surface area contributed by atoms with E-state index >= 15 is 0 Å². The number of aromatic nitrogens is 3. The Labute approximate surface area is 293 Å². The molecule has 2 aromatic heterocycles. The fourth-order valence-corrected chi connectivity index (χ4v) is 7.01. The Hall–Kier alpha value is -4.97. The number of nitrogens with zero attached hydrogens (tertiary/aromatic N) is 7. The molecule has 1 saturated carbocycles. The van der Waals surface area contributed by atoms with Crippen LogP contribution in [0, 0.1) is 0 Å². The van der Waals surface area contributed by atoms with E-state index in [4.69, 9.17) is 26.2 Å². The standard InChI is InChI=1S/C38H47N9O3/c1-26(49)47-18-14-35(43-29-7-3-2-4-8-29)34(24-47)38(40)32-9-5-6-27-20-36(42-23-33(27)32)28(21-39)22-41-15-19-50-31-12-16-46(17-13-31)37-11-10-30(25-48)44-45-37/h5-6,9-11,20-23,25,29,31H,2-4,7-8,12-19,24,39-40H2,1H3/b28-21+,38-34-,41-22?,43-35?. The molecule has 1 amide bonds. The van der Waals surface area contributed by atoms with E-state index < -0.39 is 0 Å². The smallest absolute Gasteiger partial charge is 0.219 e. The van der Waals surface area contributed by atoms with Crippen molar-refractivity contribution >= 4 is 52.0 Å². The SMILES string of the molecule is CC(=O)N1CCC(=NC2CCCCC2)/C(=C(\N)c2cccc3cc(/C(C=NCCOC4CCN(c5ccc(C=O)nn5)CC4)=C/N)ncc23)C1. The van der Waals surface area contributed by atoms with Crippen molar-refractivity contribution in [1.29, 1.82) is 0 Å². The average molecular weight is 678 g/mol. The number of fused-ring (bicyclic) bond motifs is 1. The first-order valence-corrected chi connectivity index (χ1v) is 17.7. The number of anilines is 1. The fourth-order valence-electron chi connectivity index (χ4n) is 7.01. The molecule has 3 aromatic rings. The zero-order valence-corrected chi connectivity index (χ0v) is 28.8. The lowest BCUT2D eigenvalue weighted by Gasteiger charge is -2.32. The van der Waals surface area contributed by atoms with Crippen LogP contribution in [-0.2, 0) is 9.53 Å². The van der Waals surface area contributed by atoms with Crippen molar-refractivity contribution in [3.05, 3.63) is 71.3 Å². The number of aldehydes is 1.